The fourth-order valence-electron chi connectivity index (χ4n) is 2.12. The lowest BCUT2D eigenvalue weighted by molar-refractivity contribution is -0.143. The molecule has 0 aromatic heterocycles. The normalized spacial score (nSPS) is 11.6. The van der Waals surface area contributed by atoms with E-state index in [0.29, 0.717) is 51.4 Å². The molecule has 7 nitrogen and oxygen atoms in total. The van der Waals surface area contributed by atoms with Crippen molar-refractivity contribution in [3.63, 3.8) is 0 Å². The van der Waals surface area contributed by atoms with Crippen molar-refractivity contribution in [2.75, 3.05) is 33.5 Å². The van der Waals surface area contributed by atoms with Gasteiger partial charge in [0.2, 0.25) is 5.91 Å². The van der Waals surface area contributed by atoms with Gasteiger partial charge in [-0.3, -0.25) is 9.59 Å². The summed E-state index contributed by atoms with van der Waals surface area (Å²) in [5, 5.41) is 2.72. The van der Waals surface area contributed by atoms with Crippen LogP contribution >= 0.6 is 0 Å². The van der Waals surface area contributed by atoms with E-state index in [4.69, 9.17) is 19.9 Å². The van der Waals surface area contributed by atoms with E-state index < -0.39 is 6.04 Å². The van der Waals surface area contributed by atoms with Crippen LogP contribution in [0.5, 0.6) is 5.75 Å². The fourth-order valence-corrected chi connectivity index (χ4v) is 2.12. The number of nitrogens with one attached hydrogen (secondary N) is 1. The fraction of sp³-hybridized carbons (Fsp3) is 0.556. The molecule has 0 heterocycles. The van der Waals surface area contributed by atoms with Crippen LogP contribution in [0.3, 0.4) is 0 Å². The summed E-state index contributed by atoms with van der Waals surface area (Å²) >= 11 is 0. The lowest BCUT2D eigenvalue weighted by atomic mass is 10.1. The Morgan fingerprint density at radius 1 is 1.20 bits per heavy atom. The Balaban J connectivity index is 2.30. The minimum atomic E-state index is -0.604. The Bertz CT molecular complexity index is 519. The van der Waals surface area contributed by atoms with Gasteiger partial charge in [0, 0.05) is 20.1 Å². The number of amides is 1. The summed E-state index contributed by atoms with van der Waals surface area (Å²) in [6.07, 6.45) is 1.40. The molecule has 1 amide bonds. The molecule has 1 atom stereocenters. The molecular weight excluding hydrogens is 324 g/mol. The highest BCUT2D eigenvalue weighted by molar-refractivity contribution is 5.81. The summed E-state index contributed by atoms with van der Waals surface area (Å²) in [6.45, 7) is 3.53. The molecule has 0 aliphatic carbocycles. The highest BCUT2D eigenvalue weighted by Gasteiger charge is 2.13. The third kappa shape index (κ3) is 9.07. The molecule has 0 aliphatic rings. The molecule has 0 saturated carbocycles. The number of hydrogen-bond acceptors (Lipinski definition) is 6. The Kier molecular flexibility index (Phi) is 10.3. The number of hydrogen-bond donors (Lipinski definition) is 2. The number of carbonyl (C=O) groups is 2. The average Bonchev–Trinajstić information content (AvgIpc) is 2.60. The molecule has 140 valence electrons. The van der Waals surface area contributed by atoms with Gasteiger partial charge in [0.25, 0.3) is 0 Å². The molecule has 0 spiro atoms. The summed E-state index contributed by atoms with van der Waals surface area (Å²) in [4.78, 5) is 23.0. The molecule has 0 fully saturated rings. The van der Waals surface area contributed by atoms with Gasteiger partial charge in [0.1, 0.15) is 5.75 Å². The Hall–Kier alpha value is -2.12. The molecule has 0 saturated heterocycles. The highest BCUT2D eigenvalue weighted by Crippen LogP contribution is 2.14. The maximum absolute atomic E-state index is 11.8. The van der Waals surface area contributed by atoms with Crippen molar-refractivity contribution in [1.29, 1.82) is 0 Å². The molecule has 0 aliphatic heterocycles. The van der Waals surface area contributed by atoms with Gasteiger partial charge in [-0.1, -0.05) is 12.1 Å². The number of rotatable bonds is 12. The van der Waals surface area contributed by atoms with Gasteiger partial charge >= 0.3 is 5.97 Å². The zero-order valence-electron chi connectivity index (χ0n) is 15.0. The van der Waals surface area contributed by atoms with E-state index in [9.17, 15) is 9.59 Å². The first-order chi connectivity index (χ1) is 12.1. The number of carbonyl (C=O) groups excluding carboxylic acids is 2. The van der Waals surface area contributed by atoms with Crippen LogP contribution in [-0.2, 0) is 25.5 Å². The van der Waals surface area contributed by atoms with Crippen LogP contribution in [0.2, 0.25) is 0 Å². The summed E-state index contributed by atoms with van der Waals surface area (Å²) < 4.78 is 15.3. The first kappa shape index (κ1) is 20.9. The molecule has 0 bridgehead atoms. The lowest BCUT2D eigenvalue weighted by Crippen LogP contribution is -2.43. The maximum Gasteiger partial charge on any atom is 0.305 e. The van der Waals surface area contributed by atoms with E-state index in [0.717, 1.165) is 5.56 Å². The second-order valence-corrected chi connectivity index (χ2v) is 5.50. The number of methoxy groups -OCH3 is 1. The maximum atomic E-state index is 11.8. The van der Waals surface area contributed by atoms with Gasteiger partial charge in [-0.25, -0.2) is 0 Å². The van der Waals surface area contributed by atoms with E-state index >= 15 is 0 Å². The molecule has 3 N–H and O–H groups in total. The van der Waals surface area contributed by atoms with Gasteiger partial charge in [-0.05, 0) is 37.5 Å². The lowest BCUT2D eigenvalue weighted by Gasteiger charge is -2.12. The van der Waals surface area contributed by atoms with Gasteiger partial charge in [-0.2, -0.15) is 0 Å². The van der Waals surface area contributed by atoms with Crippen molar-refractivity contribution in [1.82, 2.24) is 5.32 Å². The van der Waals surface area contributed by atoms with Gasteiger partial charge in [0.15, 0.2) is 0 Å². The average molecular weight is 352 g/mol. The first-order valence-corrected chi connectivity index (χ1v) is 8.46. The van der Waals surface area contributed by atoms with Crippen molar-refractivity contribution in [2.45, 2.75) is 32.2 Å². The second kappa shape index (κ2) is 12.3. The summed E-state index contributed by atoms with van der Waals surface area (Å²) in [7, 11) is 1.58. The molecule has 7 heteroatoms. The third-order valence-corrected chi connectivity index (χ3v) is 3.42. The summed E-state index contributed by atoms with van der Waals surface area (Å²) in [6, 6.07) is 6.81. The number of ether oxygens (including phenoxy) is 3. The van der Waals surface area contributed by atoms with Gasteiger partial charge in [0.05, 0.1) is 25.9 Å². The molecule has 1 aromatic rings. The van der Waals surface area contributed by atoms with E-state index in [2.05, 4.69) is 5.32 Å². The van der Waals surface area contributed by atoms with E-state index in [-0.39, 0.29) is 11.9 Å². The van der Waals surface area contributed by atoms with Crippen LogP contribution in [0.4, 0.5) is 0 Å². The van der Waals surface area contributed by atoms with Crippen molar-refractivity contribution < 1.29 is 23.8 Å². The van der Waals surface area contributed by atoms with Crippen molar-refractivity contribution in [2.24, 2.45) is 5.73 Å². The van der Waals surface area contributed by atoms with Crippen LogP contribution in [0, 0.1) is 0 Å². The van der Waals surface area contributed by atoms with Crippen LogP contribution in [-0.4, -0.2) is 51.4 Å². The predicted molar refractivity (Wildman–Crippen MR) is 94.4 cm³/mol. The van der Waals surface area contributed by atoms with E-state index in [1.165, 1.54) is 0 Å². The molecular formula is C18H28N2O5. The SMILES string of the molecule is CCOC(=O)CCCOc1ccc(C[C@H](N)C(=O)NCCOC)cc1. The van der Waals surface area contributed by atoms with Crippen LogP contribution in [0.15, 0.2) is 24.3 Å². The Morgan fingerprint density at radius 2 is 1.92 bits per heavy atom. The second-order valence-electron chi connectivity index (χ2n) is 5.50. The smallest absolute Gasteiger partial charge is 0.305 e. The van der Waals surface area contributed by atoms with E-state index in [1.54, 1.807) is 14.0 Å². The van der Waals surface area contributed by atoms with Gasteiger partial charge < -0.3 is 25.3 Å². The van der Waals surface area contributed by atoms with Crippen molar-refractivity contribution in [3.05, 3.63) is 29.8 Å². The molecule has 1 rings (SSSR count). The highest BCUT2D eigenvalue weighted by atomic mass is 16.5. The number of nitrogens with two attached hydrogens (primary N) is 1. The van der Waals surface area contributed by atoms with Gasteiger partial charge in [-0.15, -0.1) is 0 Å². The quantitative estimate of drug-likeness (QED) is 0.431. The molecule has 0 radical (unpaired) electrons. The Labute approximate surface area is 148 Å². The molecule has 25 heavy (non-hydrogen) atoms. The summed E-state index contributed by atoms with van der Waals surface area (Å²) in [5.41, 5.74) is 6.84. The zero-order valence-corrected chi connectivity index (χ0v) is 15.0. The summed E-state index contributed by atoms with van der Waals surface area (Å²) in [5.74, 6) is 0.307. The third-order valence-electron chi connectivity index (χ3n) is 3.42. The monoisotopic (exact) mass is 352 g/mol. The zero-order chi connectivity index (χ0) is 18.5. The Morgan fingerprint density at radius 3 is 2.56 bits per heavy atom. The minimum absolute atomic E-state index is 0.198. The molecule has 0 unspecified atom stereocenters. The standard InChI is InChI=1S/C18H28N2O5/c1-3-24-17(21)5-4-11-25-15-8-6-14(7-9-15)13-16(19)18(22)20-10-12-23-2/h6-9,16H,3-5,10-13,19H2,1-2H3,(H,20,22)/t16-/m0/s1. The minimum Gasteiger partial charge on any atom is -0.494 e. The van der Waals surface area contributed by atoms with Crippen molar-refractivity contribution in [3.8, 4) is 5.75 Å². The predicted octanol–water partition coefficient (Wildman–Crippen LogP) is 1.04. The van der Waals surface area contributed by atoms with Crippen LogP contribution < -0.4 is 15.8 Å². The number of benzene rings is 1. The topological polar surface area (TPSA) is 99.9 Å². The van der Waals surface area contributed by atoms with Crippen LogP contribution in [0.25, 0.3) is 0 Å². The molecule has 1 aromatic carbocycles. The first-order valence-electron chi connectivity index (χ1n) is 8.46. The van der Waals surface area contributed by atoms with Crippen LogP contribution in [0.1, 0.15) is 25.3 Å². The largest absolute Gasteiger partial charge is 0.494 e. The van der Waals surface area contributed by atoms with E-state index in [1.807, 2.05) is 24.3 Å². The number of esters is 1. The van der Waals surface area contributed by atoms with Crippen molar-refractivity contribution >= 4 is 11.9 Å².